The van der Waals surface area contributed by atoms with Gasteiger partial charge in [0.1, 0.15) is 36.3 Å². The molecule has 0 aromatic heterocycles. The highest BCUT2D eigenvalue weighted by atomic mass is 32.2. The van der Waals surface area contributed by atoms with E-state index in [2.05, 4.69) is 26.7 Å². The highest BCUT2D eigenvalue weighted by Crippen LogP contribution is 2.37. The normalized spacial score (nSPS) is 15.5. The number of alkyl carbamates (subject to hydrolysis) is 1. The van der Waals surface area contributed by atoms with Gasteiger partial charge in [-0.15, -0.1) is 0 Å². The van der Waals surface area contributed by atoms with E-state index < -0.39 is 94.5 Å². The molecule has 0 aliphatic carbocycles. The molecule has 5 N–H and O–H groups in total. The SMILES string of the molecule is CC[C@H](C)[C@H](NC(=O)[C@@H]1CCCN1S(=O)(=O)N(Cc1ccccc1)NC(=O)[C@H](CC(=O)NC(c1ccccc1)(c1ccccc1)c1ccccc1)NC(=O)OCc1ccccc1)C(=O)N[C@H](C(=O)OC)C(C)C. The number of carbonyl (C=O) groups excluding carboxylic acids is 6. The Morgan fingerprint density at radius 3 is 1.68 bits per heavy atom. The van der Waals surface area contributed by atoms with Crippen LogP contribution in [0.1, 0.15) is 81.2 Å². The first kappa shape index (κ1) is 54.9. The maximum absolute atomic E-state index is 15.0. The lowest BCUT2D eigenvalue weighted by Gasteiger charge is -2.37. The van der Waals surface area contributed by atoms with E-state index in [0.717, 1.165) is 4.31 Å². The molecule has 1 fully saturated rings. The molecule has 1 heterocycles. The molecule has 18 heteroatoms. The van der Waals surface area contributed by atoms with E-state index >= 15 is 8.42 Å². The van der Waals surface area contributed by atoms with Crippen molar-refractivity contribution in [2.45, 2.75) is 96.2 Å². The molecule has 5 aromatic carbocycles. The fourth-order valence-corrected chi connectivity index (χ4v) is 10.3. The van der Waals surface area contributed by atoms with Gasteiger partial charge in [0.2, 0.25) is 17.7 Å². The molecular formula is C55H65N7O10S. The van der Waals surface area contributed by atoms with Gasteiger partial charge in [-0.25, -0.2) is 9.59 Å². The van der Waals surface area contributed by atoms with Crippen LogP contribution in [0.15, 0.2) is 152 Å². The van der Waals surface area contributed by atoms with Crippen molar-refractivity contribution in [1.82, 2.24) is 35.4 Å². The Morgan fingerprint density at radius 2 is 1.19 bits per heavy atom. The van der Waals surface area contributed by atoms with Crippen LogP contribution in [0.5, 0.6) is 0 Å². The molecule has 5 aromatic rings. The predicted molar refractivity (Wildman–Crippen MR) is 274 cm³/mol. The van der Waals surface area contributed by atoms with Gasteiger partial charge in [-0.1, -0.05) is 190 Å². The minimum Gasteiger partial charge on any atom is -0.467 e. The summed E-state index contributed by atoms with van der Waals surface area (Å²) in [6, 6.07) is 39.8. The zero-order valence-corrected chi connectivity index (χ0v) is 42.5. The zero-order chi connectivity index (χ0) is 52.5. The summed E-state index contributed by atoms with van der Waals surface area (Å²) in [5.41, 5.74) is 4.36. The average Bonchev–Trinajstić information content (AvgIpc) is 3.92. The Bertz CT molecular complexity index is 2640. The maximum atomic E-state index is 15.0. The fraction of sp³-hybridized carbons (Fsp3) is 0.345. The Balaban J connectivity index is 1.32. The molecule has 5 amide bonds. The monoisotopic (exact) mass is 1020 g/mol. The second kappa shape index (κ2) is 25.8. The molecular weight excluding hydrogens is 951 g/mol. The summed E-state index contributed by atoms with van der Waals surface area (Å²) in [6.45, 7) is 6.31. The second-order valence-electron chi connectivity index (χ2n) is 18.2. The minimum atomic E-state index is -4.82. The van der Waals surface area contributed by atoms with E-state index in [1.54, 1.807) is 81.4 Å². The molecule has 73 heavy (non-hydrogen) atoms. The third-order valence-electron chi connectivity index (χ3n) is 12.9. The van der Waals surface area contributed by atoms with Gasteiger partial charge in [-0.05, 0) is 52.5 Å². The number of amides is 5. The summed E-state index contributed by atoms with van der Waals surface area (Å²) in [5.74, 6) is -4.63. The van der Waals surface area contributed by atoms with Crippen molar-refractivity contribution in [3.63, 3.8) is 0 Å². The quantitative estimate of drug-likeness (QED) is 0.0298. The van der Waals surface area contributed by atoms with Crippen LogP contribution in [0.4, 0.5) is 4.79 Å². The fourth-order valence-electron chi connectivity index (χ4n) is 8.70. The first-order chi connectivity index (χ1) is 35.1. The lowest BCUT2D eigenvalue weighted by molar-refractivity contribution is -0.147. The van der Waals surface area contributed by atoms with Gasteiger partial charge in [-0.3, -0.25) is 24.6 Å². The molecule has 0 bridgehead atoms. The van der Waals surface area contributed by atoms with Crippen LogP contribution in [0.2, 0.25) is 0 Å². The minimum absolute atomic E-state index is 0.0768. The van der Waals surface area contributed by atoms with Gasteiger partial charge in [0.25, 0.3) is 16.1 Å². The number of hydrazine groups is 1. The highest BCUT2D eigenvalue weighted by molar-refractivity contribution is 7.86. The second-order valence-corrected chi connectivity index (χ2v) is 20.0. The number of benzene rings is 5. The van der Waals surface area contributed by atoms with Gasteiger partial charge in [0.05, 0.1) is 20.1 Å². The number of esters is 1. The Hall–Kier alpha value is -7.41. The zero-order valence-electron chi connectivity index (χ0n) is 41.7. The lowest BCUT2D eigenvalue weighted by atomic mass is 9.77. The molecule has 0 saturated carbocycles. The average molecular weight is 1020 g/mol. The third-order valence-corrected chi connectivity index (χ3v) is 14.7. The van der Waals surface area contributed by atoms with E-state index in [4.69, 9.17) is 9.47 Å². The van der Waals surface area contributed by atoms with Crippen molar-refractivity contribution >= 4 is 45.9 Å². The van der Waals surface area contributed by atoms with Crippen LogP contribution in [0, 0.1) is 11.8 Å². The number of ether oxygens (including phenoxy) is 2. The number of nitrogens with zero attached hydrogens (tertiary/aromatic N) is 2. The molecule has 0 spiro atoms. The topological polar surface area (TPSA) is 222 Å². The smallest absolute Gasteiger partial charge is 0.408 e. The Morgan fingerprint density at radius 1 is 0.685 bits per heavy atom. The van der Waals surface area contributed by atoms with Crippen LogP contribution >= 0.6 is 0 Å². The molecule has 1 aliphatic rings. The molecule has 1 saturated heterocycles. The molecule has 386 valence electrons. The lowest BCUT2D eigenvalue weighted by Crippen LogP contribution is -2.61. The van der Waals surface area contributed by atoms with E-state index in [1.807, 2.05) is 97.9 Å². The van der Waals surface area contributed by atoms with Crippen LogP contribution < -0.4 is 26.7 Å². The summed E-state index contributed by atoms with van der Waals surface area (Å²) < 4.78 is 42.1. The predicted octanol–water partition coefficient (Wildman–Crippen LogP) is 5.87. The number of hydrogen-bond acceptors (Lipinski definition) is 10. The molecule has 0 unspecified atom stereocenters. The first-order valence-electron chi connectivity index (χ1n) is 24.4. The van der Waals surface area contributed by atoms with Crippen LogP contribution in [-0.4, -0.2) is 90.7 Å². The number of methoxy groups -OCH3 is 1. The van der Waals surface area contributed by atoms with E-state index in [1.165, 1.54) is 7.11 Å². The van der Waals surface area contributed by atoms with Crippen molar-refractivity contribution in [3.05, 3.63) is 179 Å². The molecule has 5 atom stereocenters. The van der Waals surface area contributed by atoms with Crippen molar-refractivity contribution in [3.8, 4) is 0 Å². The van der Waals surface area contributed by atoms with Gasteiger partial charge >= 0.3 is 12.1 Å². The van der Waals surface area contributed by atoms with E-state index in [0.29, 0.717) is 38.7 Å². The Labute approximate surface area is 427 Å². The van der Waals surface area contributed by atoms with Gasteiger partial charge in [0, 0.05) is 6.54 Å². The standard InChI is InChI=1S/C55H65N7O10S/c1-6-39(4)49(52(66)57-48(38(2)3)53(67)71-5)58-51(65)46-33-22-34-61(46)73(69,70)62(36-40-23-12-7-13-24-40)60-50(64)45(56-54(68)72-37-41-25-14-8-15-26-41)35-47(63)59-55(42-27-16-9-17-28-42,43-29-18-10-19-30-43)44-31-20-11-21-32-44/h7-21,23-32,38-39,45-46,48-49H,6,22,33-37H2,1-5H3,(H,56,68)(H,57,66)(H,58,65)(H,59,63)(H,60,64)/t39-,45-,46-,48-,49-/m0/s1. The Kier molecular flexibility index (Phi) is 19.4. The largest absolute Gasteiger partial charge is 0.467 e. The van der Waals surface area contributed by atoms with E-state index in [9.17, 15) is 28.8 Å². The van der Waals surface area contributed by atoms with Crippen molar-refractivity contribution < 1.29 is 46.7 Å². The van der Waals surface area contributed by atoms with E-state index in [-0.39, 0.29) is 31.9 Å². The summed E-state index contributed by atoms with van der Waals surface area (Å²) in [4.78, 5) is 83.9. The van der Waals surface area contributed by atoms with Gasteiger partial charge < -0.3 is 30.7 Å². The first-order valence-corrected chi connectivity index (χ1v) is 25.8. The summed E-state index contributed by atoms with van der Waals surface area (Å²) in [5, 5.41) is 11.2. The van der Waals surface area contributed by atoms with Gasteiger partial charge in [-0.2, -0.15) is 12.7 Å². The third kappa shape index (κ3) is 14.0. The number of nitrogens with one attached hydrogen (secondary N) is 5. The van der Waals surface area contributed by atoms with Gasteiger partial charge in [0.15, 0.2) is 0 Å². The van der Waals surface area contributed by atoms with Crippen molar-refractivity contribution in [2.75, 3.05) is 13.7 Å². The molecule has 0 radical (unpaired) electrons. The summed E-state index contributed by atoms with van der Waals surface area (Å²) in [6.07, 6.45) is -0.969. The van der Waals surface area contributed by atoms with Crippen LogP contribution in [-0.2, 0) is 62.3 Å². The highest BCUT2D eigenvalue weighted by Gasteiger charge is 2.45. The number of hydrogen-bond donors (Lipinski definition) is 5. The number of carbonyl (C=O) groups is 6. The van der Waals surface area contributed by atoms with Crippen LogP contribution in [0.3, 0.4) is 0 Å². The van der Waals surface area contributed by atoms with Crippen molar-refractivity contribution in [2.24, 2.45) is 11.8 Å². The maximum Gasteiger partial charge on any atom is 0.408 e. The molecule has 17 nitrogen and oxygen atoms in total. The summed E-state index contributed by atoms with van der Waals surface area (Å²) >= 11 is 0. The summed E-state index contributed by atoms with van der Waals surface area (Å²) in [7, 11) is -3.61. The van der Waals surface area contributed by atoms with Crippen molar-refractivity contribution in [1.29, 1.82) is 0 Å². The molecule has 6 rings (SSSR count). The van der Waals surface area contributed by atoms with Crippen LogP contribution in [0.25, 0.3) is 0 Å². The molecule has 1 aliphatic heterocycles. The number of rotatable bonds is 23.